The fourth-order valence-electron chi connectivity index (χ4n) is 3.43. The Morgan fingerprint density at radius 3 is 2.75 bits per heavy atom. The fraction of sp³-hybridized carbons (Fsp3) is 0.400. The third-order valence-electron chi connectivity index (χ3n) is 4.96. The molecule has 0 radical (unpaired) electrons. The van der Waals surface area contributed by atoms with E-state index in [0.29, 0.717) is 36.8 Å². The first-order chi connectivity index (χ1) is 15.4. The van der Waals surface area contributed by atoms with Gasteiger partial charge in [-0.05, 0) is 25.5 Å². The second kappa shape index (κ2) is 10.5. The molecule has 12 nitrogen and oxygen atoms in total. The lowest BCUT2D eigenvalue weighted by atomic mass is 10.0. The van der Waals surface area contributed by atoms with Gasteiger partial charge in [0.25, 0.3) is 6.47 Å². The lowest BCUT2D eigenvalue weighted by molar-refractivity contribution is -0.123. The van der Waals surface area contributed by atoms with E-state index in [9.17, 15) is 9.90 Å². The van der Waals surface area contributed by atoms with Crippen LogP contribution in [0.15, 0.2) is 35.1 Å². The molecule has 3 N–H and O–H groups in total. The van der Waals surface area contributed by atoms with E-state index in [2.05, 4.69) is 25.7 Å². The Morgan fingerprint density at radius 2 is 2.16 bits per heavy atom. The number of hydrogen-bond donors (Lipinski definition) is 3. The van der Waals surface area contributed by atoms with Gasteiger partial charge in [0.2, 0.25) is 5.91 Å². The average Bonchev–Trinajstić information content (AvgIpc) is 3.38. The Bertz CT molecular complexity index is 1030. The van der Waals surface area contributed by atoms with E-state index in [1.807, 2.05) is 34.8 Å². The van der Waals surface area contributed by atoms with Gasteiger partial charge < -0.3 is 29.5 Å². The third-order valence-corrected chi connectivity index (χ3v) is 4.96. The molecule has 0 saturated carbocycles. The zero-order valence-electron chi connectivity index (χ0n) is 17.7. The van der Waals surface area contributed by atoms with Gasteiger partial charge in [-0.15, -0.1) is 10.2 Å². The van der Waals surface area contributed by atoms with Crippen molar-refractivity contribution >= 4 is 18.2 Å². The number of rotatable bonds is 5. The first kappa shape index (κ1) is 22.9. The minimum Gasteiger partial charge on any atom is -0.483 e. The normalized spacial score (nSPS) is 17.9. The number of aliphatic hydroxyl groups is 1. The quantitative estimate of drug-likeness (QED) is 0.464. The highest BCUT2D eigenvalue weighted by atomic mass is 16.5. The molecule has 0 spiro atoms. The molecular formula is C20H25N7O5. The monoisotopic (exact) mass is 443 g/mol. The van der Waals surface area contributed by atoms with Crippen LogP contribution in [0, 0.1) is 6.92 Å². The molecule has 12 heteroatoms. The van der Waals surface area contributed by atoms with Gasteiger partial charge in [-0.25, -0.2) is 4.98 Å². The van der Waals surface area contributed by atoms with Crippen molar-refractivity contribution in [2.45, 2.75) is 31.9 Å². The van der Waals surface area contributed by atoms with E-state index >= 15 is 0 Å². The van der Waals surface area contributed by atoms with Crippen molar-refractivity contribution in [3.8, 4) is 11.5 Å². The standard InChI is InChI=1S/C19H23N7O3.CH2O2/c1-12-9-13(29-24-12)10-18(28)21-15-11-26(7-5-16(15)27)17-4-3-14(22-23-17)19-20-6-8-25(19)2;2-1-3/h3-4,6,8-9,15-16,27H,5,7,10-11H2,1-2H3,(H,21,28);1H,(H,2,3)/t15-,16+;/m1./s1. The molecule has 4 rings (SSSR count). The summed E-state index contributed by atoms with van der Waals surface area (Å²) in [5.74, 6) is 1.71. The highest BCUT2D eigenvalue weighted by molar-refractivity contribution is 5.78. The molecule has 1 fully saturated rings. The molecule has 2 atom stereocenters. The number of carbonyl (C=O) groups excluding carboxylic acids is 1. The van der Waals surface area contributed by atoms with Crippen LogP contribution in [0.4, 0.5) is 5.82 Å². The minimum atomic E-state index is -0.619. The number of nitrogens with one attached hydrogen (secondary N) is 1. The van der Waals surface area contributed by atoms with Gasteiger partial charge >= 0.3 is 0 Å². The number of anilines is 1. The summed E-state index contributed by atoms with van der Waals surface area (Å²) < 4.78 is 6.96. The number of carboxylic acid groups (broad SMARTS) is 1. The summed E-state index contributed by atoms with van der Waals surface area (Å²) in [5.41, 5.74) is 1.41. The molecule has 0 aliphatic carbocycles. The molecule has 170 valence electrons. The Hall–Kier alpha value is -3.80. The lowest BCUT2D eigenvalue weighted by Crippen LogP contribution is -2.55. The number of aliphatic hydroxyl groups excluding tert-OH is 1. The summed E-state index contributed by atoms with van der Waals surface area (Å²) in [7, 11) is 1.90. The molecular weight excluding hydrogens is 418 g/mol. The molecule has 32 heavy (non-hydrogen) atoms. The first-order valence-electron chi connectivity index (χ1n) is 9.95. The van der Waals surface area contributed by atoms with Crippen molar-refractivity contribution < 1.29 is 24.3 Å². The Balaban J connectivity index is 0.000000913. The molecule has 4 heterocycles. The van der Waals surface area contributed by atoms with E-state index in [-0.39, 0.29) is 18.8 Å². The van der Waals surface area contributed by atoms with Crippen LogP contribution in [0.3, 0.4) is 0 Å². The van der Waals surface area contributed by atoms with Crippen molar-refractivity contribution in [3.05, 3.63) is 42.0 Å². The van der Waals surface area contributed by atoms with Crippen LogP contribution in [0.2, 0.25) is 0 Å². The highest BCUT2D eigenvalue weighted by Crippen LogP contribution is 2.20. The van der Waals surface area contributed by atoms with E-state index in [1.54, 1.807) is 19.2 Å². The second-order valence-corrected chi connectivity index (χ2v) is 7.33. The van der Waals surface area contributed by atoms with Gasteiger partial charge in [-0.3, -0.25) is 9.59 Å². The van der Waals surface area contributed by atoms with Crippen molar-refractivity contribution in [1.29, 1.82) is 0 Å². The van der Waals surface area contributed by atoms with E-state index in [4.69, 9.17) is 14.4 Å². The number of imidazole rings is 1. The zero-order chi connectivity index (χ0) is 23.1. The van der Waals surface area contributed by atoms with Gasteiger partial charge in [0, 0.05) is 38.6 Å². The Labute approximate surface area is 183 Å². The van der Waals surface area contributed by atoms with Gasteiger partial charge in [-0.2, -0.15) is 0 Å². The van der Waals surface area contributed by atoms with Crippen LogP contribution in [0.5, 0.6) is 0 Å². The van der Waals surface area contributed by atoms with Crippen molar-refractivity contribution in [2.75, 3.05) is 18.0 Å². The summed E-state index contributed by atoms with van der Waals surface area (Å²) in [6, 6.07) is 5.07. The number of piperidine rings is 1. The topological polar surface area (TPSA) is 160 Å². The second-order valence-electron chi connectivity index (χ2n) is 7.33. The molecule has 1 saturated heterocycles. The molecule has 3 aromatic rings. The number of aryl methyl sites for hydroxylation is 2. The third kappa shape index (κ3) is 5.66. The molecule has 1 amide bonds. The van der Waals surface area contributed by atoms with Crippen LogP contribution in [-0.2, 0) is 23.1 Å². The molecule has 1 aliphatic rings. The molecule has 0 unspecified atom stereocenters. The van der Waals surface area contributed by atoms with Crippen molar-refractivity contribution in [1.82, 2.24) is 30.2 Å². The number of carbonyl (C=O) groups is 2. The number of hydrogen-bond acceptors (Lipinski definition) is 9. The van der Waals surface area contributed by atoms with E-state index in [0.717, 1.165) is 11.5 Å². The largest absolute Gasteiger partial charge is 0.483 e. The van der Waals surface area contributed by atoms with Gasteiger partial charge in [0.05, 0.1) is 24.3 Å². The fourth-order valence-corrected chi connectivity index (χ4v) is 3.43. The SMILES string of the molecule is Cc1cc(CC(=O)N[C@@H]2CN(c3ccc(-c4nccn4C)nn3)CC[C@@H]2O)on1.O=CO. The lowest BCUT2D eigenvalue weighted by Gasteiger charge is -2.36. The predicted molar refractivity (Wildman–Crippen MR) is 113 cm³/mol. The van der Waals surface area contributed by atoms with Gasteiger partial charge in [-0.1, -0.05) is 5.16 Å². The van der Waals surface area contributed by atoms with Gasteiger partial charge in [0.1, 0.15) is 11.5 Å². The smallest absolute Gasteiger partial charge is 0.290 e. The Kier molecular flexibility index (Phi) is 7.49. The molecule has 1 aliphatic heterocycles. The maximum Gasteiger partial charge on any atom is 0.290 e. The van der Waals surface area contributed by atoms with Gasteiger partial charge in [0.15, 0.2) is 11.6 Å². The summed E-state index contributed by atoms with van der Waals surface area (Å²) in [6.45, 7) is 2.62. The zero-order valence-corrected chi connectivity index (χ0v) is 17.7. The number of aromatic nitrogens is 5. The van der Waals surface area contributed by atoms with Crippen molar-refractivity contribution in [3.63, 3.8) is 0 Å². The first-order valence-corrected chi connectivity index (χ1v) is 9.95. The summed E-state index contributed by atoms with van der Waals surface area (Å²) in [5, 5.41) is 32.5. The minimum absolute atomic E-state index is 0.0855. The van der Waals surface area contributed by atoms with Crippen molar-refractivity contribution in [2.24, 2.45) is 7.05 Å². The van der Waals surface area contributed by atoms with Crippen LogP contribution in [-0.4, -0.2) is 72.7 Å². The molecule has 0 bridgehead atoms. The van der Waals surface area contributed by atoms with Crippen LogP contribution >= 0.6 is 0 Å². The Morgan fingerprint density at radius 1 is 1.38 bits per heavy atom. The maximum atomic E-state index is 12.3. The summed E-state index contributed by atoms with van der Waals surface area (Å²) in [4.78, 5) is 27.0. The molecule has 3 aromatic heterocycles. The molecule has 0 aromatic carbocycles. The number of nitrogens with zero attached hydrogens (tertiary/aromatic N) is 6. The van der Waals surface area contributed by atoms with E-state index in [1.165, 1.54) is 0 Å². The van der Waals surface area contributed by atoms with E-state index < -0.39 is 12.1 Å². The number of amides is 1. The maximum absolute atomic E-state index is 12.3. The van der Waals surface area contributed by atoms with Crippen LogP contribution in [0.1, 0.15) is 17.9 Å². The van der Waals surface area contributed by atoms with Crippen LogP contribution < -0.4 is 10.2 Å². The predicted octanol–water partition coefficient (Wildman–Crippen LogP) is 0.173. The van der Waals surface area contributed by atoms with Crippen LogP contribution in [0.25, 0.3) is 11.5 Å². The average molecular weight is 443 g/mol. The summed E-state index contributed by atoms with van der Waals surface area (Å²) in [6.07, 6.45) is 3.55. The highest BCUT2D eigenvalue weighted by Gasteiger charge is 2.30. The summed E-state index contributed by atoms with van der Waals surface area (Å²) >= 11 is 0.